The Labute approximate surface area is 156 Å². The van der Waals surface area contributed by atoms with Crippen LogP contribution in [0.4, 0.5) is 11.6 Å². The van der Waals surface area contributed by atoms with Gasteiger partial charge in [0.25, 0.3) is 5.91 Å². The number of hydrogen-bond donors (Lipinski definition) is 1. The Balaban J connectivity index is 1.69. The SMILES string of the molecule is Cc1cc(NC(=O)c2cc(N3CCOCC3)nc(-c3ccccc3)n2)no1. The lowest BCUT2D eigenvalue weighted by Gasteiger charge is -2.28. The highest BCUT2D eigenvalue weighted by Crippen LogP contribution is 2.21. The van der Waals surface area contributed by atoms with Crippen LogP contribution in [0.15, 0.2) is 47.0 Å². The molecule has 1 aliphatic rings. The van der Waals surface area contributed by atoms with E-state index in [1.54, 1.807) is 19.1 Å². The van der Waals surface area contributed by atoms with Crippen LogP contribution >= 0.6 is 0 Å². The Kier molecular flexibility index (Phi) is 4.80. The first-order chi connectivity index (χ1) is 13.2. The molecule has 1 aromatic carbocycles. The molecule has 4 rings (SSSR count). The summed E-state index contributed by atoms with van der Waals surface area (Å²) in [6.45, 7) is 4.45. The zero-order valence-electron chi connectivity index (χ0n) is 14.9. The number of morpholine rings is 1. The fourth-order valence-electron chi connectivity index (χ4n) is 2.83. The molecule has 1 fully saturated rings. The monoisotopic (exact) mass is 365 g/mol. The van der Waals surface area contributed by atoms with E-state index in [2.05, 4.69) is 25.3 Å². The highest BCUT2D eigenvalue weighted by atomic mass is 16.5. The molecule has 1 aliphatic heterocycles. The number of rotatable bonds is 4. The molecule has 138 valence electrons. The molecule has 27 heavy (non-hydrogen) atoms. The van der Waals surface area contributed by atoms with Crippen LogP contribution < -0.4 is 10.2 Å². The first-order valence-corrected chi connectivity index (χ1v) is 8.71. The second-order valence-corrected chi connectivity index (χ2v) is 6.18. The van der Waals surface area contributed by atoms with E-state index in [4.69, 9.17) is 9.26 Å². The number of amides is 1. The van der Waals surface area contributed by atoms with Crippen LogP contribution in [-0.2, 0) is 4.74 Å². The standard InChI is InChI=1S/C19H19N5O3/c1-13-11-16(23-27-13)21-19(25)15-12-17(24-7-9-26-10-8-24)22-18(20-15)14-5-3-2-4-6-14/h2-6,11-12H,7-10H2,1H3,(H,21,23,25). The van der Waals surface area contributed by atoms with Crippen LogP contribution in [0.5, 0.6) is 0 Å². The molecule has 2 aromatic heterocycles. The average Bonchev–Trinajstić information content (AvgIpc) is 3.13. The molecule has 8 heteroatoms. The molecule has 0 atom stereocenters. The number of nitrogens with one attached hydrogen (secondary N) is 1. The van der Waals surface area contributed by atoms with Gasteiger partial charge in [-0.15, -0.1) is 0 Å². The number of hydrogen-bond acceptors (Lipinski definition) is 7. The maximum Gasteiger partial charge on any atom is 0.275 e. The van der Waals surface area contributed by atoms with E-state index in [-0.39, 0.29) is 11.6 Å². The third kappa shape index (κ3) is 3.95. The first-order valence-electron chi connectivity index (χ1n) is 8.71. The lowest BCUT2D eigenvalue weighted by atomic mass is 10.2. The highest BCUT2D eigenvalue weighted by molar-refractivity contribution is 6.03. The average molecular weight is 365 g/mol. The van der Waals surface area contributed by atoms with Crippen molar-refractivity contribution < 1.29 is 14.1 Å². The van der Waals surface area contributed by atoms with Crippen LogP contribution in [0.3, 0.4) is 0 Å². The van der Waals surface area contributed by atoms with Crippen LogP contribution in [0, 0.1) is 6.92 Å². The van der Waals surface area contributed by atoms with Gasteiger partial charge < -0.3 is 19.5 Å². The van der Waals surface area contributed by atoms with E-state index in [0.717, 1.165) is 18.7 Å². The molecule has 8 nitrogen and oxygen atoms in total. The Morgan fingerprint density at radius 2 is 1.89 bits per heavy atom. The Morgan fingerprint density at radius 3 is 2.59 bits per heavy atom. The van der Waals surface area contributed by atoms with Gasteiger partial charge in [-0.3, -0.25) is 4.79 Å². The number of carbonyl (C=O) groups is 1. The summed E-state index contributed by atoms with van der Waals surface area (Å²) in [7, 11) is 0. The predicted octanol–water partition coefficient (Wildman–Crippen LogP) is 2.53. The van der Waals surface area contributed by atoms with Gasteiger partial charge in [0, 0.05) is 30.8 Å². The predicted molar refractivity (Wildman–Crippen MR) is 99.7 cm³/mol. The molecule has 1 saturated heterocycles. The summed E-state index contributed by atoms with van der Waals surface area (Å²) in [4.78, 5) is 23.9. The van der Waals surface area contributed by atoms with Crippen molar-refractivity contribution in [2.75, 3.05) is 36.5 Å². The minimum Gasteiger partial charge on any atom is -0.378 e. The summed E-state index contributed by atoms with van der Waals surface area (Å²) in [5.41, 5.74) is 1.12. The fraction of sp³-hybridized carbons (Fsp3) is 0.263. The molecular formula is C19H19N5O3. The summed E-state index contributed by atoms with van der Waals surface area (Å²) in [6.07, 6.45) is 0. The molecular weight excluding hydrogens is 346 g/mol. The molecule has 3 aromatic rings. The smallest absolute Gasteiger partial charge is 0.275 e. The van der Waals surface area contributed by atoms with E-state index in [1.807, 2.05) is 30.3 Å². The van der Waals surface area contributed by atoms with E-state index in [1.165, 1.54) is 0 Å². The maximum absolute atomic E-state index is 12.7. The summed E-state index contributed by atoms with van der Waals surface area (Å²) in [6, 6.07) is 12.9. The van der Waals surface area contributed by atoms with Gasteiger partial charge in [-0.1, -0.05) is 35.5 Å². The second-order valence-electron chi connectivity index (χ2n) is 6.18. The minimum absolute atomic E-state index is 0.269. The van der Waals surface area contributed by atoms with Gasteiger partial charge >= 0.3 is 0 Å². The number of aryl methyl sites for hydroxylation is 1. The van der Waals surface area contributed by atoms with E-state index in [0.29, 0.717) is 36.4 Å². The fourth-order valence-corrected chi connectivity index (χ4v) is 2.83. The molecule has 0 unspecified atom stereocenters. The molecule has 0 bridgehead atoms. The number of carbonyl (C=O) groups excluding carboxylic acids is 1. The van der Waals surface area contributed by atoms with Crippen molar-refractivity contribution in [3.8, 4) is 11.4 Å². The van der Waals surface area contributed by atoms with Gasteiger partial charge in [-0.2, -0.15) is 0 Å². The van der Waals surface area contributed by atoms with Gasteiger partial charge in [-0.05, 0) is 6.92 Å². The van der Waals surface area contributed by atoms with Crippen molar-refractivity contribution >= 4 is 17.5 Å². The Hall–Kier alpha value is -3.26. The zero-order valence-corrected chi connectivity index (χ0v) is 14.9. The first kappa shape index (κ1) is 17.2. The molecule has 0 spiro atoms. The maximum atomic E-state index is 12.7. The van der Waals surface area contributed by atoms with Crippen LogP contribution in [0.1, 0.15) is 16.2 Å². The van der Waals surface area contributed by atoms with E-state index in [9.17, 15) is 4.79 Å². The minimum atomic E-state index is -0.364. The van der Waals surface area contributed by atoms with Crippen molar-refractivity contribution in [2.45, 2.75) is 6.92 Å². The van der Waals surface area contributed by atoms with Gasteiger partial charge in [0.2, 0.25) is 0 Å². The quantitative estimate of drug-likeness (QED) is 0.759. The van der Waals surface area contributed by atoms with Crippen LogP contribution in [-0.4, -0.2) is 47.3 Å². The molecule has 0 radical (unpaired) electrons. The molecule has 1 N–H and O–H groups in total. The topological polar surface area (TPSA) is 93.4 Å². The van der Waals surface area contributed by atoms with Gasteiger partial charge in [-0.25, -0.2) is 9.97 Å². The molecule has 1 amide bonds. The van der Waals surface area contributed by atoms with Crippen molar-refractivity contribution in [3.63, 3.8) is 0 Å². The van der Waals surface area contributed by atoms with Crippen LogP contribution in [0.25, 0.3) is 11.4 Å². The highest BCUT2D eigenvalue weighted by Gasteiger charge is 2.19. The second kappa shape index (κ2) is 7.55. The Bertz CT molecular complexity index is 936. The normalized spacial score (nSPS) is 14.2. The van der Waals surface area contributed by atoms with E-state index >= 15 is 0 Å². The molecule has 0 saturated carbocycles. The molecule has 0 aliphatic carbocycles. The van der Waals surface area contributed by atoms with Gasteiger partial charge in [0.1, 0.15) is 17.3 Å². The third-order valence-electron chi connectivity index (χ3n) is 4.18. The van der Waals surface area contributed by atoms with Crippen LogP contribution in [0.2, 0.25) is 0 Å². The lowest BCUT2D eigenvalue weighted by Crippen LogP contribution is -2.37. The lowest BCUT2D eigenvalue weighted by molar-refractivity contribution is 0.102. The van der Waals surface area contributed by atoms with E-state index < -0.39 is 0 Å². The van der Waals surface area contributed by atoms with Gasteiger partial charge in [0.05, 0.1) is 13.2 Å². The zero-order chi connectivity index (χ0) is 18.6. The summed E-state index contributed by atoms with van der Waals surface area (Å²) >= 11 is 0. The third-order valence-corrected chi connectivity index (χ3v) is 4.18. The summed E-state index contributed by atoms with van der Waals surface area (Å²) in [5, 5.41) is 6.51. The number of aromatic nitrogens is 3. The number of benzene rings is 1. The van der Waals surface area contributed by atoms with Crippen molar-refractivity contribution in [1.29, 1.82) is 0 Å². The van der Waals surface area contributed by atoms with Gasteiger partial charge in [0.15, 0.2) is 11.6 Å². The Morgan fingerprint density at radius 1 is 1.11 bits per heavy atom. The number of ether oxygens (including phenoxy) is 1. The van der Waals surface area contributed by atoms with Crippen molar-refractivity contribution in [2.24, 2.45) is 0 Å². The summed E-state index contributed by atoms with van der Waals surface area (Å²) < 4.78 is 10.4. The number of anilines is 2. The molecule has 3 heterocycles. The van der Waals surface area contributed by atoms with Crippen molar-refractivity contribution in [3.05, 3.63) is 53.9 Å². The summed E-state index contributed by atoms with van der Waals surface area (Å²) in [5.74, 6) is 1.81. The largest absolute Gasteiger partial charge is 0.378 e. The number of nitrogens with zero attached hydrogens (tertiary/aromatic N) is 4. The van der Waals surface area contributed by atoms with Crippen molar-refractivity contribution in [1.82, 2.24) is 15.1 Å².